The summed E-state index contributed by atoms with van der Waals surface area (Å²) in [5.41, 5.74) is -0.990. The zero-order valence-corrected chi connectivity index (χ0v) is 13.2. The molecule has 3 fully saturated rings. The van der Waals surface area contributed by atoms with Gasteiger partial charge in [-0.3, -0.25) is 9.59 Å². The summed E-state index contributed by atoms with van der Waals surface area (Å²) in [5, 5.41) is 9.65. The number of carboxylic acid groups (broad SMARTS) is 1. The molecule has 3 rings (SSSR count). The van der Waals surface area contributed by atoms with E-state index in [1.54, 1.807) is 0 Å². The molecule has 21 heavy (non-hydrogen) atoms. The number of fused-ring (bicyclic) bond motifs is 1. The first-order chi connectivity index (χ1) is 9.88. The predicted molar refractivity (Wildman–Crippen MR) is 79.7 cm³/mol. The van der Waals surface area contributed by atoms with Crippen LogP contribution in [0, 0.1) is 22.7 Å². The molecule has 0 aromatic heterocycles. The maximum Gasteiger partial charge on any atom is 0.311 e. The van der Waals surface area contributed by atoms with Gasteiger partial charge < -0.3 is 10.0 Å². The molecule has 1 N–H and O–H groups in total. The van der Waals surface area contributed by atoms with Crippen molar-refractivity contribution in [2.75, 3.05) is 13.1 Å². The Morgan fingerprint density at radius 1 is 1.14 bits per heavy atom. The molecule has 0 aromatic carbocycles. The molecule has 0 bridgehead atoms. The topological polar surface area (TPSA) is 57.6 Å². The highest BCUT2D eigenvalue weighted by molar-refractivity contribution is 5.85. The molecule has 0 unspecified atom stereocenters. The summed E-state index contributed by atoms with van der Waals surface area (Å²) < 4.78 is 0. The van der Waals surface area contributed by atoms with Crippen molar-refractivity contribution in [3.8, 4) is 0 Å². The highest BCUT2D eigenvalue weighted by Gasteiger charge is 2.57. The third-order valence-electron chi connectivity index (χ3n) is 6.51. The van der Waals surface area contributed by atoms with E-state index in [0.29, 0.717) is 19.0 Å². The summed E-state index contributed by atoms with van der Waals surface area (Å²) in [6.45, 7) is 5.21. The molecule has 0 spiro atoms. The van der Waals surface area contributed by atoms with E-state index >= 15 is 0 Å². The fourth-order valence-electron chi connectivity index (χ4n) is 5.02. The molecule has 0 radical (unpaired) electrons. The minimum atomic E-state index is -0.695. The average molecular weight is 293 g/mol. The molecule has 118 valence electrons. The van der Waals surface area contributed by atoms with Crippen molar-refractivity contribution in [1.29, 1.82) is 0 Å². The van der Waals surface area contributed by atoms with Crippen molar-refractivity contribution >= 4 is 11.9 Å². The monoisotopic (exact) mass is 293 g/mol. The molecule has 0 aromatic rings. The summed E-state index contributed by atoms with van der Waals surface area (Å²) in [6.07, 6.45) is 7.41. The van der Waals surface area contributed by atoms with Crippen LogP contribution in [0.25, 0.3) is 0 Å². The summed E-state index contributed by atoms with van der Waals surface area (Å²) in [5.74, 6) is 0.118. The molecular formula is C17H27NO3. The molecule has 1 heterocycles. The van der Waals surface area contributed by atoms with E-state index in [9.17, 15) is 14.7 Å². The second-order valence-corrected chi connectivity index (χ2v) is 7.94. The number of carbonyl (C=O) groups is 2. The van der Waals surface area contributed by atoms with Crippen molar-refractivity contribution in [2.24, 2.45) is 22.7 Å². The number of nitrogens with zero attached hydrogens (tertiary/aromatic N) is 1. The summed E-state index contributed by atoms with van der Waals surface area (Å²) in [4.78, 5) is 26.6. The van der Waals surface area contributed by atoms with Crippen LogP contribution in [-0.2, 0) is 9.59 Å². The van der Waals surface area contributed by atoms with E-state index in [1.807, 2.05) is 4.90 Å². The fourth-order valence-corrected chi connectivity index (χ4v) is 5.02. The molecular weight excluding hydrogens is 266 g/mol. The van der Waals surface area contributed by atoms with Gasteiger partial charge in [0.2, 0.25) is 5.91 Å². The van der Waals surface area contributed by atoms with Crippen molar-refractivity contribution in [1.82, 2.24) is 4.90 Å². The lowest BCUT2D eigenvalue weighted by Crippen LogP contribution is -2.45. The van der Waals surface area contributed by atoms with Gasteiger partial charge in [0.1, 0.15) is 0 Å². The van der Waals surface area contributed by atoms with Gasteiger partial charge in [0.05, 0.1) is 5.41 Å². The first-order valence-corrected chi connectivity index (χ1v) is 8.41. The molecule has 2 atom stereocenters. The molecule has 4 nitrogen and oxygen atoms in total. The third kappa shape index (κ3) is 2.18. The molecule has 1 amide bonds. The Balaban J connectivity index is 1.76. The van der Waals surface area contributed by atoms with Crippen LogP contribution >= 0.6 is 0 Å². The second kappa shape index (κ2) is 4.99. The lowest BCUT2D eigenvalue weighted by atomic mass is 9.76. The molecule has 2 saturated carbocycles. The van der Waals surface area contributed by atoms with Crippen molar-refractivity contribution < 1.29 is 14.7 Å². The Labute approximate surface area is 126 Å². The smallest absolute Gasteiger partial charge is 0.311 e. The number of rotatable bonds is 3. The average Bonchev–Trinajstić information content (AvgIpc) is 3.12. The van der Waals surface area contributed by atoms with Crippen LogP contribution < -0.4 is 0 Å². The number of carboxylic acids is 1. The van der Waals surface area contributed by atoms with Gasteiger partial charge >= 0.3 is 5.97 Å². The highest BCUT2D eigenvalue weighted by Crippen LogP contribution is 2.50. The van der Waals surface area contributed by atoms with Crippen LogP contribution in [0.1, 0.15) is 58.8 Å². The largest absolute Gasteiger partial charge is 0.481 e. The molecule has 3 aliphatic rings. The maximum atomic E-state index is 13.0. The summed E-state index contributed by atoms with van der Waals surface area (Å²) >= 11 is 0. The number of carbonyl (C=O) groups excluding carboxylic acids is 1. The standard InChI is InChI=1S/C17H27NO3/c1-16(2,12-6-3-4-7-12)14(19)18-10-13-8-5-9-17(13,11-18)15(20)21/h12-13H,3-11H2,1-2H3,(H,20,21)/t13-,17+/m0/s1. The molecule has 1 saturated heterocycles. The Bertz CT molecular complexity index is 453. The van der Waals surface area contributed by atoms with Crippen LogP contribution in [0.2, 0.25) is 0 Å². The summed E-state index contributed by atoms with van der Waals surface area (Å²) in [7, 11) is 0. The van der Waals surface area contributed by atoms with E-state index in [4.69, 9.17) is 0 Å². The Morgan fingerprint density at radius 2 is 1.81 bits per heavy atom. The number of aliphatic carboxylic acids is 1. The fraction of sp³-hybridized carbons (Fsp3) is 0.882. The second-order valence-electron chi connectivity index (χ2n) is 7.94. The number of amides is 1. The van der Waals surface area contributed by atoms with Gasteiger partial charge in [-0.15, -0.1) is 0 Å². The Kier molecular flexibility index (Phi) is 3.53. The van der Waals surface area contributed by atoms with Gasteiger partial charge in [0.25, 0.3) is 0 Å². The van der Waals surface area contributed by atoms with Crippen LogP contribution in [0.4, 0.5) is 0 Å². The quantitative estimate of drug-likeness (QED) is 0.870. The molecule has 4 heteroatoms. The minimum Gasteiger partial charge on any atom is -0.481 e. The van der Waals surface area contributed by atoms with Crippen LogP contribution in [0.15, 0.2) is 0 Å². The predicted octanol–water partition coefficient (Wildman–Crippen LogP) is 2.92. The lowest BCUT2D eigenvalue weighted by molar-refractivity contribution is -0.150. The minimum absolute atomic E-state index is 0.165. The SMILES string of the molecule is CC(C)(C(=O)N1C[C@@H]2CCC[C@@]2(C(=O)O)C1)C1CCCC1. The summed E-state index contributed by atoms with van der Waals surface area (Å²) in [6, 6.07) is 0. The van der Waals surface area contributed by atoms with Gasteiger partial charge in [-0.05, 0) is 37.5 Å². The molecule has 2 aliphatic carbocycles. The van der Waals surface area contributed by atoms with Crippen molar-refractivity contribution in [2.45, 2.75) is 58.8 Å². The number of likely N-dealkylation sites (tertiary alicyclic amines) is 1. The first kappa shape index (κ1) is 14.9. The third-order valence-corrected chi connectivity index (χ3v) is 6.51. The lowest BCUT2D eigenvalue weighted by Gasteiger charge is -2.35. The van der Waals surface area contributed by atoms with Crippen molar-refractivity contribution in [3.63, 3.8) is 0 Å². The van der Waals surface area contributed by atoms with Gasteiger partial charge in [0.15, 0.2) is 0 Å². The van der Waals surface area contributed by atoms with E-state index in [2.05, 4.69) is 13.8 Å². The first-order valence-electron chi connectivity index (χ1n) is 8.41. The van der Waals surface area contributed by atoms with Crippen molar-refractivity contribution in [3.05, 3.63) is 0 Å². The van der Waals surface area contributed by atoms with Gasteiger partial charge in [-0.1, -0.05) is 33.1 Å². The van der Waals surface area contributed by atoms with E-state index < -0.39 is 11.4 Å². The van der Waals surface area contributed by atoms with E-state index in [-0.39, 0.29) is 17.2 Å². The Morgan fingerprint density at radius 3 is 2.38 bits per heavy atom. The zero-order chi connectivity index (χ0) is 15.3. The zero-order valence-electron chi connectivity index (χ0n) is 13.2. The van der Waals surface area contributed by atoms with Gasteiger partial charge in [-0.2, -0.15) is 0 Å². The number of hydrogen-bond donors (Lipinski definition) is 1. The highest BCUT2D eigenvalue weighted by atomic mass is 16.4. The normalized spacial score (nSPS) is 33.4. The van der Waals surface area contributed by atoms with Gasteiger partial charge in [0, 0.05) is 18.5 Å². The van der Waals surface area contributed by atoms with E-state index in [1.165, 1.54) is 12.8 Å². The molecule has 1 aliphatic heterocycles. The maximum absolute atomic E-state index is 13.0. The van der Waals surface area contributed by atoms with Crippen LogP contribution in [-0.4, -0.2) is 35.0 Å². The number of hydrogen-bond acceptors (Lipinski definition) is 2. The van der Waals surface area contributed by atoms with Crippen LogP contribution in [0.5, 0.6) is 0 Å². The Hall–Kier alpha value is -1.06. The van der Waals surface area contributed by atoms with E-state index in [0.717, 1.165) is 32.1 Å². The van der Waals surface area contributed by atoms with Gasteiger partial charge in [-0.25, -0.2) is 0 Å². The van der Waals surface area contributed by atoms with Crippen LogP contribution in [0.3, 0.4) is 0 Å².